The molecule has 0 aromatic rings. The highest BCUT2D eigenvalue weighted by atomic mass is 19.4. The van der Waals surface area contributed by atoms with Crippen LogP contribution < -0.4 is 5.73 Å². The number of hydrogen-bond donors (Lipinski definition) is 1. The van der Waals surface area contributed by atoms with Crippen molar-refractivity contribution in [2.24, 2.45) is 11.7 Å². The number of carbonyl (C=O) groups excluding carboxylic acids is 1. The Kier molecular flexibility index (Phi) is 5.95. The van der Waals surface area contributed by atoms with Gasteiger partial charge in [-0.15, -0.1) is 0 Å². The Labute approximate surface area is 100 Å². The second-order valence-electron chi connectivity index (χ2n) is 4.59. The van der Waals surface area contributed by atoms with Gasteiger partial charge in [0.2, 0.25) is 5.91 Å². The van der Waals surface area contributed by atoms with Gasteiger partial charge in [0, 0.05) is 6.04 Å². The molecule has 3 nitrogen and oxygen atoms in total. The van der Waals surface area contributed by atoms with Crippen LogP contribution >= 0.6 is 0 Å². The molecule has 0 spiro atoms. The summed E-state index contributed by atoms with van der Waals surface area (Å²) in [6.07, 6.45) is -3.74. The number of carbonyl (C=O) groups is 1. The molecule has 2 N–H and O–H groups in total. The van der Waals surface area contributed by atoms with E-state index in [1.807, 2.05) is 6.92 Å². The van der Waals surface area contributed by atoms with Gasteiger partial charge in [0.1, 0.15) is 6.54 Å². The molecule has 0 bridgehead atoms. The number of halogens is 3. The fourth-order valence-corrected chi connectivity index (χ4v) is 1.40. The maximum atomic E-state index is 12.3. The van der Waals surface area contributed by atoms with E-state index in [4.69, 9.17) is 5.73 Å². The molecule has 0 aliphatic carbocycles. The lowest BCUT2D eigenvalue weighted by molar-refractivity contribution is -0.166. The molecule has 102 valence electrons. The van der Waals surface area contributed by atoms with Crippen LogP contribution in [0.3, 0.4) is 0 Å². The summed E-state index contributed by atoms with van der Waals surface area (Å²) < 4.78 is 37.0. The van der Waals surface area contributed by atoms with Gasteiger partial charge >= 0.3 is 6.18 Å². The molecule has 0 rings (SSSR count). The summed E-state index contributed by atoms with van der Waals surface area (Å²) in [6.45, 7) is 5.46. The smallest absolute Gasteiger partial charge is 0.330 e. The van der Waals surface area contributed by atoms with E-state index in [0.717, 1.165) is 4.90 Å². The van der Waals surface area contributed by atoms with Gasteiger partial charge in [-0.1, -0.05) is 20.3 Å². The molecule has 17 heavy (non-hydrogen) atoms. The van der Waals surface area contributed by atoms with Crippen molar-refractivity contribution in [1.29, 1.82) is 0 Å². The SMILES string of the molecule is CC[C@H](C)[C@H](N)C(=O)N(CC(F)(F)F)C(C)C. The van der Waals surface area contributed by atoms with Crippen LogP contribution in [0.5, 0.6) is 0 Å². The maximum Gasteiger partial charge on any atom is 0.406 e. The lowest BCUT2D eigenvalue weighted by Gasteiger charge is -2.31. The molecule has 0 saturated carbocycles. The zero-order valence-electron chi connectivity index (χ0n) is 10.7. The average molecular weight is 254 g/mol. The third-order valence-electron chi connectivity index (χ3n) is 2.80. The molecule has 0 aliphatic rings. The maximum absolute atomic E-state index is 12.3. The highest BCUT2D eigenvalue weighted by Gasteiger charge is 2.36. The summed E-state index contributed by atoms with van der Waals surface area (Å²) >= 11 is 0. The van der Waals surface area contributed by atoms with E-state index in [2.05, 4.69) is 0 Å². The van der Waals surface area contributed by atoms with Crippen molar-refractivity contribution in [3.8, 4) is 0 Å². The summed E-state index contributed by atoms with van der Waals surface area (Å²) in [5.74, 6) is -0.761. The van der Waals surface area contributed by atoms with E-state index in [0.29, 0.717) is 6.42 Å². The highest BCUT2D eigenvalue weighted by Crippen LogP contribution is 2.20. The second kappa shape index (κ2) is 6.23. The lowest BCUT2D eigenvalue weighted by Crippen LogP contribution is -2.52. The molecule has 0 unspecified atom stereocenters. The van der Waals surface area contributed by atoms with Crippen LogP contribution in [0.2, 0.25) is 0 Å². The van der Waals surface area contributed by atoms with E-state index < -0.39 is 30.7 Å². The molecular weight excluding hydrogens is 233 g/mol. The van der Waals surface area contributed by atoms with Crippen molar-refractivity contribution in [1.82, 2.24) is 4.90 Å². The van der Waals surface area contributed by atoms with Gasteiger partial charge in [-0.2, -0.15) is 13.2 Å². The average Bonchev–Trinajstić information content (AvgIpc) is 2.21. The third kappa shape index (κ3) is 5.39. The predicted octanol–water partition coefficient (Wildman–Crippen LogP) is 2.16. The lowest BCUT2D eigenvalue weighted by atomic mass is 9.98. The fourth-order valence-electron chi connectivity index (χ4n) is 1.40. The van der Waals surface area contributed by atoms with Gasteiger partial charge in [-0.3, -0.25) is 4.79 Å². The molecule has 0 saturated heterocycles. The zero-order chi connectivity index (χ0) is 13.8. The minimum absolute atomic E-state index is 0.128. The Bertz CT molecular complexity index is 254. The Morgan fingerprint density at radius 1 is 1.29 bits per heavy atom. The third-order valence-corrected chi connectivity index (χ3v) is 2.80. The van der Waals surface area contributed by atoms with Gasteiger partial charge in [-0.25, -0.2) is 0 Å². The summed E-state index contributed by atoms with van der Waals surface area (Å²) in [5, 5.41) is 0. The number of alkyl halides is 3. The normalized spacial score (nSPS) is 15.8. The Morgan fingerprint density at radius 2 is 1.76 bits per heavy atom. The Balaban J connectivity index is 4.78. The van der Waals surface area contributed by atoms with E-state index in [-0.39, 0.29) is 5.92 Å². The fraction of sp³-hybridized carbons (Fsp3) is 0.909. The summed E-state index contributed by atoms with van der Waals surface area (Å²) in [5.41, 5.74) is 5.67. The summed E-state index contributed by atoms with van der Waals surface area (Å²) in [4.78, 5) is 12.7. The van der Waals surface area contributed by atoms with Crippen molar-refractivity contribution >= 4 is 5.91 Å². The minimum atomic E-state index is -4.39. The number of hydrogen-bond acceptors (Lipinski definition) is 2. The van der Waals surface area contributed by atoms with Crippen LogP contribution in [0, 0.1) is 5.92 Å². The van der Waals surface area contributed by atoms with E-state index in [9.17, 15) is 18.0 Å². The summed E-state index contributed by atoms with van der Waals surface area (Å²) in [7, 11) is 0. The topological polar surface area (TPSA) is 46.3 Å². The molecular formula is C11H21F3N2O. The monoisotopic (exact) mass is 254 g/mol. The molecule has 2 atom stereocenters. The second-order valence-corrected chi connectivity index (χ2v) is 4.59. The van der Waals surface area contributed by atoms with Gasteiger partial charge in [0.15, 0.2) is 0 Å². The molecule has 0 fully saturated rings. The quantitative estimate of drug-likeness (QED) is 0.817. The van der Waals surface area contributed by atoms with E-state index >= 15 is 0 Å². The van der Waals surface area contributed by atoms with Crippen LogP contribution in [0.25, 0.3) is 0 Å². The van der Waals surface area contributed by atoms with Crippen molar-refractivity contribution in [3.63, 3.8) is 0 Å². The van der Waals surface area contributed by atoms with Gasteiger partial charge in [0.25, 0.3) is 0 Å². The first-order valence-corrected chi connectivity index (χ1v) is 5.73. The minimum Gasteiger partial charge on any atom is -0.330 e. The molecule has 0 heterocycles. The highest BCUT2D eigenvalue weighted by molar-refractivity contribution is 5.82. The van der Waals surface area contributed by atoms with Crippen LogP contribution in [0.4, 0.5) is 13.2 Å². The first-order chi connectivity index (χ1) is 7.60. The van der Waals surface area contributed by atoms with Crippen LogP contribution in [-0.4, -0.2) is 35.6 Å². The Hall–Kier alpha value is -0.780. The van der Waals surface area contributed by atoms with Gasteiger partial charge in [-0.05, 0) is 19.8 Å². The van der Waals surface area contributed by atoms with Crippen molar-refractivity contribution < 1.29 is 18.0 Å². The molecule has 1 amide bonds. The van der Waals surface area contributed by atoms with Gasteiger partial charge < -0.3 is 10.6 Å². The van der Waals surface area contributed by atoms with Gasteiger partial charge in [0.05, 0.1) is 6.04 Å². The summed E-state index contributed by atoms with van der Waals surface area (Å²) in [6, 6.07) is -1.39. The molecule has 0 aliphatic heterocycles. The van der Waals surface area contributed by atoms with Crippen LogP contribution in [0.15, 0.2) is 0 Å². The number of amides is 1. The zero-order valence-corrected chi connectivity index (χ0v) is 10.7. The molecule has 6 heteroatoms. The molecule has 0 aromatic heterocycles. The van der Waals surface area contributed by atoms with Crippen molar-refractivity contribution in [3.05, 3.63) is 0 Å². The largest absolute Gasteiger partial charge is 0.406 e. The molecule has 0 radical (unpaired) electrons. The van der Waals surface area contributed by atoms with Crippen LogP contribution in [-0.2, 0) is 4.79 Å². The number of rotatable bonds is 5. The van der Waals surface area contributed by atoms with Crippen LogP contribution in [0.1, 0.15) is 34.1 Å². The standard InChI is InChI=1S/C11H21F3N2O/c1-5-8(4)9(15)10(17)16(7(2)3)6-11(12,13)14/h7-9H,5-6,15H2,1-4H3/t8-,9-/m0/s1. The van der Waals surface area contributed by atoms with Crippen molar-refractivity contribution in [2.45, 2.75) is 52.4 Å². The first-order valence-electron chi connectivity index (χ1n) is 5.73. The van der Waals surface area contributed by atoms with Crippen molar-refractivity contribution in [2.75, 3.05) is 6.54 Å². The van der Waals surface area contributed by atoms with E-state index in [1.165, 1.54) is 0 Å². The van der Waals surface area contributed by atoms with E-state index in [1.54, 1.807) is 20.8 Å². The first kappa shape index (κ1) is 16.2. The Morgan fingerprint density at radius 3 is 2.06 bits per heavy atom. The number of nitrogens with two attached hydrogens (primary N) is 1. The number of nitrogens with zero attached hydrogens (tertiary/aromatic N) is 1. The molecule has 0 aromatic carbocycles. The predicted molar refractivity (Wildman–Crippen MR) is 60.3 cm³/mol.